The topological polar surface area (TPSA) is 43.4 Å². The standard InChI is InChI=1S/C18H16O3/c1-13(19)17(18(20)15-8-4-3-5-9-15)12-14-7-6-10-16(11-14)21-2/h3-12H,1-2H3/b17-12+. The van der Waals surface area contributed by atoms with Gasteiger partial charge in [0.05, 0.1) is 12.7 Å². The summed E-state index contributed by atoms with van der Waals surface area (Å²) in [5.41, 5.74) is 1.42. The van der Waals surface area contributed by atoms with Gasteiger partial charge < -0.3 is 4.74 Å². The van der Waals surface area contributed by atoms with Gasteiger partial charge in [-0.3, -0.25) is 9.59 Å². The van der Waals surface area contributed by atoms with E-state index < -0.39 is 0 Å². The van der Waals surface area contributed by atoms with Gasteiger partial charge in [0, 0.05) is 5.56 Å². The summed E-state index contributed by atoms with van der Waals surface area (Å²) < 4.78 is 5.14. The predicted molar refractivity (Wildman–Crippen MR) is 82.4 cm³/mol. The molecule has 0 aliphatic rings. The summed E-state index contributed by atoms with van der Waals surface area (Å²) in [6, 6.07) is 16.0. The molecule has 0 unspecified atom stereocenters. The number of carbonyl (C=O) groups is 2. The zero-order valence-electron chi connectivity index (χ0n) is 12.0. The first-order valence-corrected chi connectivity index (χ1v) is 6.58. The molecule has 0 spiro atoms. The van der Waals surface area contributed by atoms with Crippen LogP contribution in [0.3, 0.4) is 0 Å². The molecule has 21 heavy (non-hydrogen) atoms. The molecule has 0 amide bonds. The predicted octanol–water partition coefficient (Wildman–Crippen LogP) is 3.55. The molecule has 3 heteroatoms. The van der Waals surface area contributed by atoms with Crippen LogP contribution in [0, 0.1) is 0 Å². The normalized spacial score (nSPS) is 11.0. The van der Waals surface area contributed by atoms with E-state index in [9.17, 15) is 9.59 Å². The fourth-order valence-electron chi connectivity index (χ4n) is 1.97. The second-order valence-corrected chi connectivity index (χ2v) is 4.59. The van der Waals surface area contributed by atoms with Crippen LogP contribution < -0.4 is 4.74 Å². The summed E-state index contributed by atoms with van der Waals surface area (Å²) in [6.45, 7) is 1.40. The number of rotatable bonds is 5. The minimum absolute atomic E-state index is 0.162. The van der Waals surface area contributed by atoms with Gasteiger partial charge in [-0.25, -0.2) is 0 Å². The Morgan fingerprint density at radius 2 is 1.71 bits per heavy atom. The van der Waals surface area contributed by atoms with Crippen molar-refractivity contribution in [2.24, 2.45) is 0 Å². The molecule has 0 saturated carbocycles. The van der Waals surface area contributed by atoms with E-state index in [0.29, 0.717) is 11.3 Å². The Balaban J connectivity index is 2.41. The highest BCUT2D eigenvalue weighted by Gasteiger charge is 2.16. The highest BCUT2D eigenvalue weighted by molar-refractivity contribution is 6.28. The minimum atomic E-state index is -0.272. The molecule has 2 aromatic carbocycles. The smallest absolute Gasteiger partial charge is 0.196 e. The monoisotopic (exact) mass is 280 g/mol. The molecule has 2 rings (SSSR count). The third kappa shape index (κ3) is 3.66. The number of ketones is 2. The molecule has 0 atom stereocenters. The second kappa shape index (κ2) is 6.66. The largest absolute Gasteiger partial charge is 0.497 e. The van der Waals surface area contributed by atoms with E-state index in [-0.39, 0.29) is 17.1 Å². The van der Waals surface area contributed by atoms with Crippen LogP contribution in [0.25, 0.3) is 6.08 Å². The molecule has 0 heterocycles. The maximum absolute atomic E-state index is 12.4. The second-order valence-electron chi connectivity index (χ2n) is 4.59. The highest BCUT2D eigenvalue weighted by Crippen LogP contribution is 2.18. The van der Waals surface area contributed by atoms with Gasteiger partial charge in [-0.15, -0.1) is 0 Å². The maximum Gasteiger partial charge on any atom is 0.196 e. The van der Waals surface area contributed by atoms with Crippen molar-refractivity contribution >= 4 is 17.6 Å². The van der Waals surface area contributed by atoms with Gasteiger partial charge in [-0.05, 0) is 30.7 Å². The Morgan fingerprint density at radius 1 is 1.00 bits per heavy atom. The first-order chi connectivity index (χ1) is 10.1. The lowest BCUT2D eigenvalue weighted by Crippen LogP contribution is -2.10. The van der Waals surface area contributed by atoms with Crippen molar-refractivity contribution in [2.75, 3.05) is 7.11 Å². The van der Waals surface area contributed by atoms with Gasteiger partial charge in [0.25, 0.3) is 0 Å². The molecule has 0 N–H and O–H groups in total. The molecule has 0 radical (unpaired) electrons. The van der Waals surface area contributed by atoms with Crippen LogP contribution in [0.4, 0.5) is 0 Å². The highest BCUT2D eigenvalue weighted by atomic mass is 16.5. The Labute approximate surface area is 123 Å². The fraction of sp³-hybridized carbons (Fsp3) is 0.111. The van der Waals surface area contributed by atoms with Gasteiger partial charge in [0.15, 0.2) is 11.6 Å². The van der Waals surface area contributed by atoms with Crippen LogP contribution in [0.15, 0.2) is 60.2 Å². The number of benzene rings is 2. The first kappa shape index (κ1) is 14.7. The number of carbonyl (C=O) groups excluding carboxylic acids is 2. The molecule has 106 valence electrons. The van der Waals surface area contributed by atoms with Crippen LogP contribution in [0.1, 0.15) is 22.8 Å². The van der Waals surface area contributed by atoms with E-state index >= 15 is 0 Å². The van der Waals surface area contributed by atoms with Crippen molar-refractivity contribution in [1.82, 2.24) is 0 Å². The quantitative estimate of drug-likeness (QED) is 0.364. The molecule has 3 nitrogen and oxygen atoms in total. The molecular formula is C18H16O3. The van der Waals surface area contributed by atoms with Crippen molar-refractivity contribution in [2.45, 2.75) is 6.92 Å². The van der Waals surface area contributed by atoms with E-state index in [4.69, 9.17) is 4.74 Å². The van der Waals surface area contributed by atoms with Crippen LogP contribution in [-0.4, -0.2) is 18.7 Å². The maximum atomic E-state index is 12.4. The summed E-state index contributed by atoms with van der Waals surface area (Å²) >= 11 is 0. The SMILES string of the molecule is COc1cccc(/C=C(\C(C)=O)C(=O)c2ccccc2)c1. The van der Waals surface area contributed by atoms with Crippen molar-refractivity contribution in [3.05, 3.63) is 71.3 Å². The number of methoxy groups -OCH3 is 1. The Morgan fingerprint density at radius 3 is 2.33 bits per heavy atom. The van der Waals surface area contributed by atoms with Gasteiger partial charge in [-0.1, -0.05) is 42.5 Å². The van der Waals surface area contributed by atoms with Crippen LogP contribution in [-0.2, 0) is 4.79 Å². The molecule has 0 saturated heterocycles. The van der Waals surface area contributed by atoms with Crippen molar-refractivity contribution in [1.29, 1.82) is 0 Å². The summed E-state index contributed by atoms with van der Waals surface area (Å²) in [7, 11) is 1.57. The zero-order chi connectivity index (χ0) is 15.2. The average molecular weight is 280 g/mol. The third-order valence-corrected chi connectivity index (χ3v) is 3.06. The number of hydrogen-bond acceptors (Lipinski definition) is 3. The van der Waals surface area contributed by atoms with Gasteiger partial charge in [0.1, 0.15) is 5.75 Å². The van der Waals surface area contributed by atoms with Crippen molar-refractivity contribution in [3.8, 4) is 5.75 Å². The Bertz CT molecular complexity index is 685. The lowest BCUT2D eigenvalue weighted by atomic mass is 9.98. The third-order valence-electron chi connectivity index (χ3n) is 3.06. The molecule has 2 aromatic rings. The zero-order valence-corrected chi connectivity index (χ0v) is 12.0. The van der Waals surface area contributed by atoms with Gasteiger partial charge in [-0.2, -0.15) is 0 Å². The lowest BCUT2D eigenvalue weighted by Gasteiger charge is -2.05. The fourth-order valence-corrected chi connectivity index (χ4v) is 1.97. The average Bonchev–Trinajstić information content (AvgIpc) is 2.52. The minimum Gasteiger partial charge on any atom is -0.497 e. The van der Waals surface area contributed by atoms with E-state index in [1.54, 1.807) is 43.5 Å². The van der Waals surface area contributed by atoms with Crippen LogP contribution in [0.2, 0.25) is 0 Å². The van der Waals surface area contributed by atoms with Crippen molar-refractivity contribution in [3.63, 3.8) is 0 Å². The van der Waals surface area contributed by atoms with Crippen molar-refractivity contribution < 1.29 is 14.3 Å². The Hall–Kier alpha value is -2.68. The summed E-state index contributed by atoms with van der Waals surface area (Å²) in [6.07, 6.45) is 1.60. The number of allylic oxidation sites excluding steroid dienone is 1. The van der Waals surface area contributed by atoms with E-state index in [2.05, 4.69) is 0 Å². The molecule has 0 fully saturated rings. The molecule has 0 bridgehead atoms. The van der Waals surface area contributed by atoms with E-state index in [0.717, 1.165) is 5.56 Å². The number of ether oxygens (including phenoxy) is 1. The number of hydrogen-bond donors (Lipinski definition) is 0. The van der Waals surface area contributed by atoms with E-state index in [1.807, 2.05) is 24.3 Å². The first-order valence-electron chi connectivity index (χ1n) is 6.58. The van der Waals surface area contributed by atoms with Crippen LogP contribution in [0.5, 0.6) is 5.75 Å². The Kier molecular flexibility index (Phi) is 4.67. The molecular weight excluding hydrogens is 264 g/mol. The van der Waals surface area contributed by atoms with Gasteiger partial charge in [0.2, 0.25) is 0 Å². The summed E-state index contributed by atoms with van der Waals surface area (Å²) in [5.74, 6) is 0.149. The van der Waals surface area contributed by atoms with Gasteiger partial charge >= 0.3 is 0 Å². The summed E-state index contributed by atoms with van der Waals surface area (Å²) in [5, 5.41) is 0. The molecule has 0 aliphatic heterocycles. The lowest BCUT2D eigenvalue weighted by molar-refractivity contribution is -0.113. The van der Waals surface area contributed by atoms with Crippen LogP contribution >= 0.6 is 0 Å². The number of Topliss-reactive ketones (excluding diaryl/α,β-unsaturated/α-hetero) is 2. The molecule has 0 aliphatic carbocycles. The summed E-state index contributed by atoms with van der Waals surface area (Å²) in [4.78, 5) is 24.2. The van der Waals surface area contributed by atoms with E-state index in [1.165, 1.54) is 6.92 Å². The molecule has 0 aromatic heterocycles.